The van der Waals surface area contributed by atoms with Crippen molar-refractivity contribution in [3.05, 3.63) is 12.2 Å². The fraction of sp³-hybridized carbons (Fsp3) is 0.769. The minimum absolute atomic E-state index is 0.0895. The molecule has 102 valence electrons. The molecule has 1 amide bonds. The third kappa shape index (κ3) is 3.06. The summed E-state index contributed by atoms with van der Waals surface area (Å²) >= 11 is 0. The summed E-state index contributed by atoms with van der Waals surface area (Å²) in [6, 6.07) is 0. The molecule has 2 rings (SSSR count). The first-order chi connectivity index (χ1) is 8.48. The third-order valence-corrected chi connectivity index (χ3v) is 3.81. The topological polar surface area (TPSA) is 20.3 Å². The second kappa shape index (κ2) is 5.33. The SMILES string of the molecule is O=C([C@@H]1CC=CCC1)N1CCC[C@@H](C(F)(F)F)C1. The Kier molecular flexibility index (Phi) is 3.97. The van der Waals surface area contributed by atoms with Gasteiger partial charge in [0.1, 0.15) is 0 Å². The Hall–Kier alpha value is -1.00. The second-order valence-electron chi connectivity index (χ2n) is 5.15. The molecule has 2 aliphatic rings. The smallest absolute Gasteiger partial charge is 0.342 e. The van der Waals surface area contributed by atoms with Gasteiger partial charge in [-0.25, -0.2) is 0 Å². The van der Waals surface area contributed by atoms with E-state index in [1.807, 2.05) is 12.2 Å². The van der Waals surface area contributed by atoms with E-state index in [0.717, 1.165) is 12.8 Å². The van der Waals surface area contributed by atoms with Crippen LogP contribution in [0.2, 0.25) is 0 Å². The molecule has 0 aromatic rings. The zero-order chi connectivity index (χ0) is 13.2. The van der Waals surface area contributed by atoms with Gasteiger partial charge in [-0.3, -0.25) is 4.79 Å². The predicted molar refractivity (Wildman–Crippen MR) is 61.8 cm³/mol. The van der Waals surface area contributed by atoms with Gasteiger partial charge in [-0.2, -0.15) is 13.2 Å². The van der Waals surface area contributed by atoms with Gasteiger partial charge in [0.2, 0.25) is 5.91 Å². The Morgan fingerprint density at radius 2 is 2.00 bits per heavy atom. The number of carbonyl (C=O) groups is 1. The molecule has 0 aromatic carbocycles. The van der Waals surface area contributed by atoms with Crippen molar-refractivity contribution in [3.63, 3.8) is 0 Å². The van der Waals surface area contributed by atoms with Gasteiger partial charge in [0, 0.05) is 19.0 Å². The van der Waals surface area contributed by atoms with Gasteiger partial charge >= 0.3 is 6.18 Å². The Balaban J connectivity index is 1.96. The van der Waals surface area contributed by atoms with Crippen LogP contribution in [0.1, 0.15) is 32.1 Å². The van der Waals surface area contributed by atoms with Gasteiger partial charge < -0.3 is 4.90 Å². The van der Waals surface area contributed by atoms with Gasteiger partial charge in [-0.1, -0.05) is 12.2 Å². The number of hydrogen-bond donors (Lipinski definition) is 0. The van der Waals surface area contributed by atoms with Crippen molar-refractivity contribution in [2.75, 3.05) is 13.1 Å². The average Bonchev–Trinajstić information content (AvgIpc) is 2.38. The first-order valence-electron chi connectivity index (χ1n) is 6.49. The molecule has 2 nitrogen and oxygen atoms in total. The summed E-state index contributed by atoms with van der Waals surface area (Å²) in [6.45, 7) is 0.328. The summed E-state index contributed by atoms with van der Waals surface area (Å²) < 4.78 is 38.0. The number of hydrogen-bond acceptors (Lipinski definition) is 1. The highest BCUT2D eigenvalue weighted by Gasteiger charge is 2.43. The highest BCUT2D eigenvalue weighted by Crippen LogP contribution is 2.34. The molecule has 0 N–H and O–H groups in total. The van der Waals surface area contributed by atoms with E-state index in [4.69, 9.17) is 0 Å². The molecule has 0 aromatic heterocycles. The lowest BCUT2D eigenvalue weighted by Crippen LogP contribution is -2.46. The van der Waals surface area contributed by atoms with Crippen molar-refractivity contribution < 1.29 is 18.0 Å². The molecule has 0 spiro atoms. The maximum Gasteiger partial charge on any atom is 0.393 e. The van der Waals surface area contributed by atoms with Crippen LogP contribution in [0.3, 0.4) is 0 Å². The second-order valence-corrected chi connectivity index (χ2v) is 5.15. The summed E-state index contributed by atoms with van der Waals surface area (Å²) in [6.07, 6.45) is 2.71. The van der Waals surface area contributed by atoms with E-state index >= 15 is 0 Å². The summed E-state index contributed by atoms with van der Waals surface area (Å²) in [5.41, 5.74) is 0. The van der Waals surface area contributed by atoms with Crippen molar-refractivity contribution in [2.24, 2.45) is 11.8 Å². The van der Waals surface area contributed by atoms with E-state index in [9.17, 15) is 18.0 Å². The van der Waals surface area contributed by atoms with Crippen molar-refractivity contribution in [2.45, 2.75) is 38.3 Å². The van der Waals surface area contributed by atoms with Crippen LogP contribution < -0.4 is 0 Å². The molecule has 0 bridgehead atoms. The lowest BCUT2D eigenvalue weighted by atomic mass is 9.91. The summed E-state index contributed by atoms with van der Waals surface area (Å²) in [4.78, 5) is 13.6. The zero-order valence-electron chi connectivity index (χ0n) is 10.2. The minimum Gasteiger partial charge on any atom is -0.342 e. The monoisotopic (exact) mass is 261 g/mol. The summed E-state index contributed by atoms with van der Waals surface area (Å²) in [5, 5.41) is 0. The Morgan fingerprint density at radius 1 is 1.22 bits per heavy atom. The number of allylic oxidation sites excluding steroid dienone is 2. The number of amides is 1. The van der Waals surface area contributed by atoms with Crippen molar-refractivity contribution in [1.82, 2.24) is 4.90 Å². The summed E-state index contributed by atoms with van der Waals surface area (Å²) in [7, 11) is 0. The van der Waals surface area contributed by atoms with Gasteiger partial charge in [0.15, 0.2) is 0 Å². The Morgan fingerprint density at radius 3 is 2.61 bits per heavy atom. The maximum absolute atomic E-state index is 12.7. The molecule has 0 saturated carbocycles. The Bertz CT molecular complexity index is 338. The van der Waals surface area contributed by atoms with Crippen LogP contribution in [-0.2, 0) is 4.79 Å². The normalized spacial score (nSPS) is 29.4. The molecule has 1 aliphatic heterocycles. The van der Waals surface area contributed by atoms with Gasteiger partial charge in [0.05, 0.1) is 5.92 Å². The highest BCUT2D eigenvalue weighted by atomic mass is 19.4. The predicted octanol–water partition coefficient (Wildman–Crippen LogP) is 3.14. The molecule has 18 heavy (non-hydrogen) atoms. The van der Waals surface area contributed by atoms with Gasteiger partial charge in [0.25, 0.3) is 0 Å². The van der Waals surface area contributed by atoms with Gasteiger partial charge in [-0.05, 0) is 32.1 Å². The number of halogens is 3. The third-order valence-electron chi connectivity index (χ3n) is 3.81. The van der Waals surface area contributed by atoms with Crippen LogP contribution in [0.5, 0.6) is 0 Å². The van der Waals surface area contributed by atoms with E-state index in [2.05, 4.69) is 0 Å². The minimum atomic E-state index is -4.18. The van der Waals surface area contributed by atoms with Crippen LogP contribution in [0, 0.1) is 11.8 Å². The van der Waals surface area contributed by atoms with Crippen molar-refractivity contribution in [1.29, 1.82) is 0 Å². The van der Waals surface area contributed by atoms with E-state index < -0.39 is 12.1 Å². The lowest BCUT2D eigenvalue weighted by Gasteiger charge is -2.36. The van der Waals surface area contributed by atoms with Crippen LogP contribution in [-0.4, -0.2) is 30.1 Å². The van der Waals surface area contributed by atoms with E-state index in [-0.39, 0.29) is 24.8 Å². The Labute approximate surface area is 105 Å². The largest absolute Gasteiger partial charge is 0.393 e. The molecular formula is C13H18F3NO. The maximum atomic E-state index is 12.7. The van der Waals surface area contributed by atoms with Crippen molar-refractivity contribution >= 4 is 5.91 Å². The van der Waals surface area contributed by atoms with E-state index in [1.165, 1.54) is 4.90 Å². The van der Waals surface area contributed by atoms with Gasteiger partial charge in [-0.15, -0.1) is 0 Å². The lowest BCUT2D eigenvalue weighted by molar-refractivity contribution is -0.188. The van der Waals surface area contributed by atoms with Crippen LogP contribution in [0.4, 0.5) is 13.2 Å². The molecule has 0 unspecified atom stereocenters. The van der Waals surface area contributed by atoms with E-state index in [1.54, 1.807) is 0 Å². The summed E-state index contributed by atoms with van der Waals surface area (Å²) in [5.74, 6) is -1.54. The number of alkyl halides is 3. The molecule has 1 saturated heterocycles. The van der Waals surface area contributed by atoms with Crippen LogP contribution >= 0.6 is 0 Å². The average molecular weight is 261 g/mol. The molecule has 1 aliphatic carbocycles. The standard InChI is InChI=1S/C13H18F3NO/c14-13(15,16)11-7-4-8-17(9-11)12(18)10-5-2-1-3-6-10/h1-2,10-11H,3-9H2/t10-,11-/m1/s1. The molecule has 0 radical (unpaired) electrons. The number of likely N-dealkylation sites (tertiary alicyclic amines) is 1. The first-order valence-corrected chi connectivity index (χ1v) is 6.49. The fourth-order valence-electron chi connectivity index (χ4n) is 2.72. The zero-order valence-corrected chi connectivity index (χ0v) is 10.2. The van der Waals surface area contributed by atoms with Crippen LogP contribution in [0.25, 0.3) is 0 Å². The fourth-order valence-corrected chi connectivity index (χ4v) is 2.72. The van der Waals surface area contributed by atoms with E-state index in [0.29, 0.717) is 19.4 Å². The molecule has 1 fully saturated rings. The molecule has 5 heteroatoms. The van der Waals surface area contributed by atoms with Crippen LogP contribution in [0.15, 0.2) is 12.2 Å². The highest BCUT2D eigenvalue weighted by molar-refractivity contribution is 5.79. The van der Waals surface area contributed by atoms with Crippen molar-refractivity contribution in [3.8, 4) is 0 Å². The number of rotatable bonds is 1. The number of nitrogens with zero attached hydrogens (tertiary/aromatic N) is 1. The molecule has 1 heterocycles. The molecule has 2 atom stereocenters. The number of piperidine rings is 1. The number of carbonyl (C=O) groups excluding carboxylic acids is 1. The quantitative estimate of drug-likeness (QED) is 0.664. The first kappa shape index (κ1) is 13.4. The molecular weight excluding hydrogens is 243 g/mol.